The molecule has 0 saturated carbocycles. The number of carbonyl (C=O) groups is 2. The molecule has 0 aliphatic carbocycles. The summed E-state index contributed by atoms with van der Waals surface area (Å²) in [6, 6.07) is 0. The third-order valence-corrected chi connectivity index (χ3v) is 2.77. The van der Waals surface area contributed by atoms with Gasteiger partial charge in [-0.05, 0) is 25.2 Å². The van der Waals surface area contributed by atoms with Crippen molar-refractivity contribution in [3.8, 4) is 0 Å². The SMILES string of the molecule is Cc1ncoc1C(=O)NCC(CC(=O)O)CC(C)C. The summed E-state index contributed by atoms with van der Waals surface area (Å²) in [6.07, 6.45) is 2.02. The van der Waals surface area contributed by atoms with E-state index in [4.69, 9.17) is 9.52 Å². The average Bonchev–Trinajstić information content (AvgIpc) is 2.70. The number of hydrogen-bond acceptors (Lipinski definition) is 4. The third-order valence-electron chi connectivity index (χ3n) is 2.77. The molecule has 1 heterocycles. The van der Waals surface area contributed by atoms with Crippen molar-refractivity contribution < 1.29 is 19.1 Å². The van der Waals surface area contributed by atoms with Crippen molar-refractivity contribution >= 4 is 11.9 Å². The molecule has 0 spiro atoms. The molecule has 6 heteroatoms. The number of nitrogens with one attached hydrogen (secondary N) is 1. The predicted molar refractivity (Wildman–Crippen MR) is 68.8 cm³/mol. The zero-order chi connectivity index (χ0) is 14.4. The zero-order valence-corrected chi connectivity index (χ0v) is 11.5. The molecule has 0 bridgehead atoms. The predicted octanol–water partition coefficient (Wildman–Crippen LogP) is 1.85. The van der Waals surface area contributed by atoms with Crippen molar-refractivity contribution in [3.63, 3.8) is 0 Å². The van der Waals surface area contributed by atoms with Gasteiger partial charge in [0, 0.05) is 13.0 Å². The molecule has 0 radical (unpaired) electrons. The topological polar surface area (TPSA) is 92.4 Å². The Labute approximate surface area is 112 Å². The minimum Gasteiger partial charge on any atom is -0.481 e. The third kappa shape index (κ3) is 5.11. The molecule has 0 fully saturated rings. The number of carboxylic acid groups (broad SMARTS) is 1. The van der Waals surface area contributed by atoms with Crippen LogP contribution < -0.4 is 5.32 Å². The van der Waals surface area contributed by atoms with E-state index >= 15 is 0 Å². The Morgan fingerprint density at radius 2 is 2.16 bits per heavy atom. The fourth-order valence-corrected chi connectivity index (χ4v) is 1.99. The normalized spacial score (nSPS) is 12.4. The Hall–Kier alpha value is -1.85. The lowest BCUT2D eigenvalue weighted by molar-refractivity contribution is -0.138. The van der Waals surface area contributed by atoms with Gasteiger partial charge in [0.15, 0.2) is 6.39 Å². The Morgan fingerprint density at radius 3 is 2.63 bits per heavy atom. The van der Waals surface area contributed by atoms with Gasteiger partial charge in [0.05, 0.1) is 5.69 Å². The highest BCUT2D eigenvalue weighted by molar-refractivity contribution is 5.92. The number of carbonyl (C=O) groups excluding carboxylic acids is 1. The van der Waals surface area contributed by atoms with Crippen LogP contribution in [-0.4, -0.2) is 28.5 Å². The number of rotatable bonds is 7. The number of amides is 1. The number of nitrogens with zero attached hydrogens (tertiary/aromatic N) is 1. The van der Waals surface area contributed by atoms with Gasteiger partial charge in [-0.25, -0.2) is 4.98 Å². The smallest absolute Gasteiger partial charge is 0.303 e. The van der Waals surface area contributed by atoms with Gasteiger partial charge in [-0.2, -0.15) is 0 Å². The standard InChI is InChI=1S/C13H20N2O4/c1-8(2)4-10(5-11(16)17)6-14-13(18)12-9(3)15-7-19-12/h7-8,10H,4-6H2,1-3H3,(H,14,18)(H,16,17). The van der Waals surface area contributed by atoms with Crippen LogP contribution in [0.4, 0.5) is 0 Å². The van der Waals surface area contributed by atoms with Crippen LogP contribution in [0.5, 0.6) is 0 Å². The minimum atomic E-state index is -0.851. The average molecular weight is 268 g/mol. The first kappa shape index (κ1) is 15.2. The molecule has 19 heavy (non-hydrogen) atoms. The first-order chi connectivity index (χ1) is 8.90. The van der Waals surface area contributed by atoms with Gasteiger partial charge in [-0.15, -0.1) is 0 Å². The van der Waals surface area contributed by atoms with E-state index in [1.165, 1.54) is 6.39 Å². The van der Waals surface area contributed by atoms with Crippen LogP contribution in [0.2, 0.25) is 0 Å². The summed E-state index contributed by atoms with van der Waals surface area (Å²) in [5, 5.41) is 11.5. The van der Waals surface area contributed by atoms with Crippen LogP contribution in [0.25, 0.3) is 0 Å². The Balaban J connectivity index is 2.53. The highest BCUT2D eigenvalue weighted by Crippen LogP contribution is 2.15. The van der Waals surface area contributed by atoms with Crippen molar-refractivity contribution in [1.82, 2.24) is 10.3 Å². The van der Waals surface area contributed by atoms with Gasteiger partial charge < -0.3 is 14.8 Å². The Morgan fingerprint density at radius 1 is 1.47 bits per heavy atom. The fraction of sp³-hybridized carbons (Fsp3) is 0.615. The second-order valence-electron chi connectivity index (χ2n) is 5.07. The molecule has 0 aromatic carbocycles. The molecule has 1 atom stereocenters. The molecule has 106 valence electrons. The van der Waals surface area contributed by atoms with Crippen LogP contribution in [0.15, 0.2) is 10.8 Å². The number of carboxylic acids is 1. The van der Waals surface area contributed by atoms with Gasteiger partial charge in [0.1, 0.15) is 0 Å². The zero-order valence-electron chi connectivity index (χ0n) is 11.5. The summed E-state index contributed by atoms with van der Waals surface area (Å²) in [7, 11) is 0. The van der Waals surface area contributed by atoms with Crippen molar-refractivity contribution in [3.05, 3.63) is 17.8 Å². The van der Waals surface area contributed by atoms with Crippen LogP contribution in [-0.2, 0) is 4.79 Å². The van der Waals surface area contributed by atoms with Crippen LogP contribution in [0.3, 0.4) is 0 Å². The second-order valence-corrected chi connectivity index (χ2v) is 5.07. The van der Waals surface area contributed by atoms with Crippen LogP contribution >= 0.6 is 0 Å². The molecule has 6 nitrogen and oxygen atoms in total. The maximum atomic E-state index is 11.8. The number of aryl methyl sites for hydroxylation is 1. The first-order valence-electron chi connectivity index (χ1n) is 6.30. The van der Waals surface area contributed by atoms with E-state index in [0.29, 0.717) is 18.2 Å². The summed E-state index contributed by atoms with van der Waals surface area (Å²) in [5.41, 5.74) is 0.524. The molecule has 0 aliphatic heterocycles. The minimum absolute atomic E-state index is 0.0495. The molecular weight excluding hydrogens is 248 g/mol. The molecule has 1 amide bonds. The van der Waals surface area contributed by atoms with Gasteiger partial charge in [0.2, 0.25) is 5.76 Å². The van der Waals surface area contributed by atoms with Crippen molar-refractivity contribution in [2.24, 2.45) is 11.8 Å². The largest absolute Gasteiger partial charge is 0.481 e. The number of aromatic nitrogens is 1. The Bertz CT molecular complexity index is 440. The van der Waals surface area contributed by atoms with Gasteiger partial charge >= 0.3 is 5.97 Å². The molecule has 1 unspecified atom stereocenters. The van der Waals surface area contributed by atoms with E-state index < -0.39 is 5.97 Å². The second kappa shape index (κ2) is 6.92. The molecule has 0 saturated heterocycles. The van der Waals surface area contributed by atoms with E-state index in [1.54, 1.807) is 6.92 Å². The summed E-state index contributed by atoms with van der Waals surface area (Å²) in [5.74, 6) is -0.721. The lowest BCUT2D eigenvalue weighted by atomic mass is 9.94. The molecule has 1 rings (SSSR count). The lowest BCUT2D eigenvalue weighted by Crippen LogP contribution is -2.31. The van der Waals surface area contributed by atoms with Crippen molar-refractivity contribution in [2.75, 3.05) is 6.54 Å². The highest BCUT2D eigenvalue weighted by Gasteiger charge is 2.18. The van der Waals surface area contributed by atoms with Crippen molar-refractivity contribution in [1.29, 1.82) is 0 Å². The van der Waals surface area contributed by atoms with E-state index in [2.05, 4.69) is 10.3 Å². The maximum Gasteiger partial charge on any atom is 0.303 e. The molecule has 2 N–H and O–H groups in total. The van der Waals surface area contributed by atoms with E-state index in [0.717, 1.165) is 6.42 Å². The number of oxazole rings is 1. The number of hydrogen-bond donors (Lipinski definition) is 2. The highest BCUT2D eigenvalue weighted by atomic mass is 16.4. The fourth-order valence-electron chi connectivity index (χ4n) is 1.99. The van der Waals surface area contributed by atoms with Gasteiger partial charge in [-0.3, -0.25) is 9.59 Å². The molecule has 1 aromatic rings. The summed E-state index contributed by atoms with van der Waals surface area (Å²) in [4.78, 5) is 26.4. The van der Waals surface area contributed by atoms with E-state index in [-0.39, 0.29) is 24.0 Å². The quantitative estimate of drug-likeness (QED) is 0.787. The van der Waals surface area contributed by atoms with Crippen LogP contribution in [0.1, 0.15) is 42.9 Å². The maximum absolute atomic E-state index is 11.8. The summed E-state index contributed by atoms with van der Waals surface area (Å²) < 4.78 is 4.98. The molecule has 1 aromatic heterocycles. The molecule has 0 aliphatic rings. The monoisotopic (exact) mass is 268 g/mol. The van der Waals surface area contributed by atoms with E-state index in [1.807, 2.05) is 13.8 Å². The van der Waals surface area contributed by atoms with Crippen molar-refractivity contribution in [2.45, 2.75) is 33.6 Å². The molecular formula is C13H20N2O4. The Kier molecular flexibility index (Phi) is 5.54. The van der Waals surface area contributed by atoms with E-state index in [9.17, 15) is 9.59 Å². The van der Waals surface area contributed by atoms with Gasteiger partial charge in [-0.1, -0.05) is 13.8 Å². The van der Waals surface area contributed by atoms with Crippen LogP contribution in [0, 0.1) is 18.8 Å². The summed E-state index contributed by atoms with van der Waals surface area (Å²) >= 11 is 0. The summed E-state index contributed by atoms with van der Waals surface area (Å²) in [6.45, 7) is 6.05. The number of aliphatic carboxylic acids is 1. The lowest BCUT2D eigenvalue weighted by Gasteiger charge is -2.17. The van der Waals surface area contributed by atoms with Gasteiger partial charge in [0.25, 0.3) is 5.91 Å². The first-order valence-corrected chi connectivity index (χ1v) is 6.30.